The molecule has 1 atom stereocenters. The van der Waals surface area contributed by atoms with Gasteiger partial charge in [-0.2, -0.15) is 0 Å². The number of carbonyl (C=O) groups excluding carboxylic acids is 1. The van der Waals surface area contributed by atoms with E-state index in [4.69, 9.17) is 0 Å². The largest absolute Gasteiger partial charge is 0.299 e. The number of fused-ring (bicyclic) bond motifs is 2. The molecule has 1 aliphatic rings. The van der Waals surface area contributed by atoms with Gasteiger partial charge in [0.15, 0.2) is 5.65 Å². The first-order chi connectivity index (χ1) is 11.2. The number of carbonyl (C=O) groups is 1. The topological polar surface area (TPSA) is 63.5 Å². The number of benzene rings is 1. The lowest BCUT2D eigenvalue weighted by atomic mass is 10.1. The second kappa shape index (κ2) is 5.64. The first kappa shape index (κ1) is 14.2. The summed E-state index contributed by atoms with van der Waals surface area (Å²) in [5.41, 5.74) is 2.52. The highest BCUT2D eigenvalue weighted by atomic mass is 32.2. The number of nitrogens with one attached hydrogen (secondary N) is 1. The summed E-state index contributed by atoms with van der Waals surface area (Å²) < 4.78 is 1.45. The van der Waals surface area contributed by atoms with Crippen LogP contribution in [-0.2, 0) is 11.3 Å². The standard InChI is InChI=1S/C17H13N3O2S/c21-14-7-8-18-16-13(6-3-9-20(14)16)23-17(22)15-12-5-2-1-4-11(12)10-19-15/h1-9,15,19H,10H2. The molecule has 3 aromatic rings. The fourth-order valence-corrected chi connectivity index (χ4v) is 3.73. The maximum Gasteiger partial charge on any atom is 0.257 e. The minimum absolute atomic E-state index is 0.00107. The highest BCUT2D eigenvalue weighted by Gasteiger charge is 2.28. The second-order valence-corrected chi connectivity index (χ2v) is 6.33. The number of pyridine rings is 1. The van der Waals surface area contributed by atoms with E-state index in [9.17, 15) is 9.59 Å². The Hall–Kier alpha value is -2.44. The number of rotatable bonds is 2. The fourth-order valence-electron chi connectivity index (χ4n) is 2.79. The minimum Gasteiger partial charge on any atom is -0.299 e. The Morgan fingerprint density at radius 1 is 1.22 bits per heavy atom. The minimum atomic E-state index is -0.327. The summed E-state index contributed by atoms with van der Waals surface area (Å²) in [6.07, 6.45) is 3.12. The first-order valence-corrected chi connectivity index (χ1v) is 8.05. The molecule has 5 nitrogen and oxygen atoms in total. The van der Waals surface area contributed by atoms with Gasteiger partial charge >= 0.3 is 0 Å². The van der Waals surface area contributed by atoms with Crippen molar-refractivity contribution in [1.29, 1.82) is 0 Å². The lowest BCUT2D eigenvalue weighted by Crippen LogP contribution is -2.20. The van der Waals surface area contributed by atoms with Gasteiger partial charge in [0.1, 0.15) is 6.04 Å². The van der Waals surface area contributed by atoms with Crippen molar-refractivity contribution in [3.05, 3.63) is 76.3 Å². The molecule has 1 unspecified atom stereocenters. The first-order valence-electron chi connectivity index (χ1n) is 7.23. The van der Waals surface area contributed by atoms with Gasteiger partial charge in [-0.15, -0.1) is 0 Å². The van der Waals surface area contributed by atoms with Crippen molar-refractivity contribution in [2.75, 3.05) is 0 Å². The van der Waals surface area contributed by atoms with Crippen LogP contribution in [0.1, 0.15) is 17.2 Å². The van der Waals surface area contributed by atoms with Crippen molar-refractivity contribution < 1.29 is 4.79 Å². The van der Waals surface area contributed by atoms with Gasteiger partial charge in [-0.3, -0.25) is 19.3 Å². The lowest BCUT2D eigenvalue weighted by molar-refractivity contribution is -0.112. The summed E-state index contributed by atoms with van der Waals surface area (Å²) in [7, 11) is 0. The van der Waals surface area contributed by atoms with E-state index >= 15 is 0 Å². The van der Waals surface area contributed by atoms with Crippen LogP contribution < -0.4 is 10.9 Å². The van der Waals surface area contributed by atoms with E-state index in [1.54, 1.807) is 12.3 Å². The third-order valence-corrected chi connectivity index (χ3v) is 4.87. The van der Waals surface area contributed by atoms with Gasteiger partial charge in [0.05, 0.1) is 4.90 Å². The molecule has 0 fully saturated rings. The Bertz CT molecular complexity index is 967. The van der Waals surface area contributed by atoms with Gasteiger partial charge in [0.25, 0.3) is 5.56 Å². The third kappa shape index (κ3) is 2.46. The van der Waals surface area contributed by atoms with Crippen LogP contribution in [0.25, 0.3) is 5.65 Å². The monoisotopic (exact) mass is 323 g/mol. The van der Waals surface area contributed by atoms with Gasteiger partial charge in [0, 0.05) is 25.0 Å². The Labute approximate surface area is 136 Å². The predicted octanol–water partition coefficient (Wildman–Crippen LogP) is 2.16. The molecule has 0 aliphatic carbocycles. The van der Waals surface area contributed by atoms with Crippen LogP contribution in [0.4, 0.5) is 0 Å². The summed E-state index contributed by atoms with van der Waals surface area (Å²) in [5.74, 6) is 0. The van der Waals surface area contributed by atoms with Crippen LogP contribution in [0.15, 0.2) is 64.5 Å². The summed E-state index contributed by atoms with van der Waals surface area (Å²) in [4.78, 5) is 29.5. The van der Waals surface area contributed by atoms with Crippen LogP contribution >= 0.6 is 11.8 Å². The van der Waals surface area contributed by atoms with E-state index in [1.807, 2.05) is 30.3 Å². The molecular weight excluding hydrogens is 310 g/mol. The zero-order chi connectivity index (χ0) is 15.8. The normalized spacial score (nSPS) is 16.4. The smallest absolute Gasteiger partial charge is 0.257 e. The molecule has 1 aromatic carbocycles. The van der Waals surface area contributed by atoms with Gasteiger partial charge < -0.3 is 0 Å². The van der Waals surface area contributed by atoms with Crippen molar-refractivity contribution in [2.45, 2.75) is 17.5 Å². The molecular formula is C17H13N3O2S. The van der Waals surface area contributed by atoms with Crippen LogP contribution in [0.5, 0.6) is 0 Å². The molecule has 1 aliphatic heterocycles. The maximum atomic E-state index is 12.7. The molecule has 1 N–H and O–H groups in total. The second-order valence-electron chi connectivity index (χ2n) is 5.28. The predicted molar refractivity (Wildman–Crippen MR) is 88.3 cm³/mol. The number of nitrogens with zero attached hydrogens (tertiary/aromatic N) is 2. The molecule has 4 rings (SSSR count). The SMILES string of the molecule is O=C(Sc1cccn2c(=O)ccnc12)C1NCc2ccccc21. The van der Waals surface area contributed by atoms with Crippen LogP contribution in [-0.4, -0.2) is 14.5 Å². The number of aromatic nitrogens is 2. The van der Waals surface area contributed by atoms with E-state index < -0.39 is 0 Å². The summed E-state index contributed by atoms with van der Waals surface area (Å²) in [6.45, 7) is 0.695. The summed E-state index contributed by atoms with van der Waals surface area (Å²) in [6, 6.07) is 12.6. The highest BCUT2D eigenvalue weighted by molar-refractivity contribution is 8.13. The quantitative estimate of drug-likeness (QED) is 0.732. The van der Waals surface area contributed by atoms with Crippen LogP contribution in [0.3, 0.4) is 0 Å². The van der Waals surface area contributed by atoms with Gasteiger partial charge in [-0.25, -0.2) is 4.98 Å². The van der Waals surface area contributed by atoms with Crippen molar-refractivity contribution in [2.24, 2.45) is 0 Å². The number of hydrogen-bond acceptors (Lipinski definition) is 5. The Morgan fingerprint density at radius 2 is 2.09 bits per heavy atom. The molecule has 3 heterocycles. The maximum absolute atomic E-state index is 12.7. The van der Waals surface area contributed by atoms with Crippen molar-refractivity contribution in [1.82, 2.24) is 14.7 Å². The molecule has 23 heavy (non-hydrogen) atoms. The molecule has 2 aromatic heterocycles. The number of hydrogen-bond donors (Lipinski definition) is 1. The number of thioether (sulfide) groups is 1. The average molecular weight is 323 g/mol. The Morgan fingerprint density at radius 3 is 3.00 bits per heavy atom. The fraction of sp³-hybridized carbons (Fsp3) is 0.118. The summed E-state index contributed by atoms with van der Waals surface area (Å²) >= 11 is 1.12. The molecule has 0 amide bonds. The van der Waals surface area contributed by atoms with Crippen LogP contribution in [0.2, 0.25) is 0 Å². The molecule has 0 radical (unpaired) electrons. The van der Waals surface area contributed by atoms with E-state index in [0.717, 1.165) is 22.9 Å². The van der Waals surface area contributed by atoms with Crippen LogP contribution in [0, 0.1) is 0 Å². The van der Waals surface area contributed by atoms with Crippen molar-refractivity contribution in [3.8, 4) is 0 Å². The van der Waals surface area contributed by atoms with E-state index in [-0.39, 0.29) is 16.7 Å². The third-order valence-electron chi connectivity index (χ3n) is 3.89. The molecule has 6 heteroatoms. The molecule has 0 spiro atoms. The van der Waals surface area contributed by atoms with Gasteiger partial charge in [-0.1, -0.05) is 24.3 Å². The van der Waals surface area contributed by atoms with E-state index in [0.29, 0.717) is 17.1 Å². The molecule has 114 valence electrons. The van der Waals surface area contributed by atoms with E-state index in [1.165, 1.54) is 16.7 Å². The Balaban J connectivity index is 1.68. The van der Waals surface area contributed by atoms with Crippen molar-refractivity contribution >= 4 is 22.5 Å². The molecule has 0 saturated carbocycles. The zero-order valence-corrected chi connectivity index (χ0v) is 12.9. The highest BCUT2D eigenvalue weighted by Crippen LogP contribution is 2.33. The van der Waals surface area contributed by atoms with Gasteiger partial charge in [-0.05, 0) is 35.0 Å². The Kier molecular flexibility index (Phi) is 3.48. The van der Waals surface area contributed by atoms with Crippen molar-refractivity contribution in [3.63, 3.8) is 0 Å². The molecule has 0 bridgehead atoms. The van der Waals surface area contributed by atoms with Gasteiger partial charge in [0.2, 0.25) is 5.12 Å². The summed E-state index contributed by atoms with van der Waals surface area (Å²) in [5, 5.41) is 3.24. The average Bonchev–Trinajstić information content (AvgIpc) is 3.00. The lowest BCUT2D eigenvalue weighted by Gasteiger charge is -2.11. The van der Waals surface area contributed by atoms with E-state index in [2.05, 4.69) is 10.3 Å². The zero-order valence-electron chi connectivity index (χ0n) is 12.1. The molecule has 0 saturated heterocycles.